The summed E-state index contributed by atoms with van der Waals surface area (Å²) in [6.45, 7) is 1.13. The molecule has 1 aliphatic heterocycles. The van der Waals surface area contributed by atoms with E-state index in [1.807, 2.05) is 6.07 Å². The zero-order valence-electron chi connectivity index (χ0n) is 11.3. The Hall–Kier alpha value is -2.41. The first-order chi connectivity index (χ1) is 10.2. The molecule has 4 rings (SSSR count). The number of nitrogens with zero attached hydrogens (tertiary/aromatic N) is 3. The number of hydrogen-bond acceptors (Lipinski definition) is 4. The van der Waals surface area contributed by atoms with Crippen molar-refractivity contribution >= 4 is 28.0 Å². The van der Waals surface area contributed by atoms with Gasteiger partial charge in [0.2, 0.25) is 0 Å². The number of carbonyl (C=O) groups excluding carboxylic acids is 1. The number of aromatic nitrogens is 4. The highest BCUT2D eigenvalue weighted by atomic mass is 16.3. The van der Waals surface area contributed by atoms with Crippen molar-refractivity contribution in [2.24, 2.45) is 0 Å². The van der Waals surface area contributed by atoms with Gasteiger partial charge in [-0.2, -0.15) is 0 Å². The maximum absolute atomic E-state index is 12.5. The van der Waals surface area contributed by atoms with Gasteiger partial charge >= 0.3 is 0 Å². The normalized spacial score (nSPS) is 16.9. The number of rotatable bonds is 1. The molecule has 3 aromatic heterocycles. The third-order valence-electron chi connectivity index (χ3n) is 3.99. The summed E-state index contributed by atoms with van der Waals surface area (Å²) in [6, 6.07) is 1.90. The molecule has 0 spiro atoms. The third-order valence-corrected chi connectivity index (χ3v) is 3.99. The minimum absolute atomic E-state index is 0.123. The highest BCUT2D eigenvalue weighted by Crippen LogP contribution is 2.21. The van der Waals surface area contributed by atoms with Crippen LogP contribution < -0.4 is 0 Å². The number of H-pyrrole nitrogens is 2. The molecule has 4 heterocycles. The SMILES string of the molecule is O=C(c1nc2c(cnc3[nH]ccc32)[nH]1)N1CCC(O)CC1. The van der Waals surface area contributed by atoms with Crippen LogP contribution in [-0.4, -0.2) is 55.0 Å². The maximum Gasteiger partial charge on any atom is 0.289 e. The molecule has 1 fully saturated rings. The Kier molecular flexibility index (Phi) is 2.68. The zero-order chi connectivity index (χ0) is 14.4. The summed E-state index contributed by atoms with van der Waals surface area (Å²) in [4.78, 5) is 29.0. The highest BCUT2D eigenvalue weighted by Gasteiger charge is 2.24. The fourth-order valence-electron chi connectivity index (χ4n) is 2.79. The second-order valence-corrected chi connectivity index (χ2v) is 5.37. The Labute approximate surface area is 120 Å². The number of fused-ring (bicyclic) bond motifs is 3. The van der Waals surface area contributed by atoms with Gasteiger partial charge in [0.15, 0.2) is 5.82 Å². The van der Waals surface area contributed by atoms with Crippen molar-refractivity contribution in [3.63, 3.8) is 0 Å². The van der Waals surface area contributed by atoms with Crippen molar-refractivity contribution in [1.29, 1.82) is 0 Å². The number of imidazole rings is 1. The second kappa shape index (κ2) is 4.56. The molecule has 1 aliphatic rings. The Morgan fingerprint density at radius 1 is 1.38 bits per heavy atom. The summed E-state index contributed by atoms with van der Waals surface area (Å²) < 4.78 is 0. The molecule has 0 bridgehead atoms. The van der Waals surface area contributed by atoms with Crippen LogP contribution in [0, 0.1) is 0 Å². The highest BCUT2D eigenvalue weighted by molar-refractivity contribution is 6.03. The average Bonchev–Trinajstić information content (AvgIpc) is 3.12. The summed E-state index contributed by atoms with van der Waals surface area (Å²) >= 11 is 0. The number of carbonyl (C=O) groups is 1. The van der Waals surface area contributed by atoms with Gasteiger partial charge in [-0.05, 0) is 18.9 Å². The lowest BCUT2D eigenvalue weighted by atomic mass is 10.1. The van der Waals surface area contributed by atoms with Crippen molar-refractivity contribution in [2.75, 3.05) is 13.1 Å². The average molecular weight is 285 g/mol. The van der Waals surface area contributed by atoms with Crippen molar-refractivity contribution < 1.29 is 9.90 Å². The molecule has 3 N–H and O–H groups in total. The molecule has 1 saturated heterocycles. The zero-order valence-corrected chi connectivity index (χ0v) is 11.3. The Bertz CT molecular complexity index is 813. The van der Waals surface area contributed by atoms with Gasteiger partial charge in [0, 0.05) is 24.7 Å². The van der Waals surface area contributed by atoms with Crippen LogP contribution in [0.15, 0.2) is 18.5 Å². The summed E-state index contributed by atoms with van der Waals surface area (Å²) in [5, 5.41) is 10.4. The standard InChI is InChI=1S/C14H15N5O2/c20-8-2-5-19(6-3-8)14(21)13-17-10-7-16-12-9(1-4-15-12)11(10)18-13/h1,4,7-8,20H,2-3,5-6H2,(H,15,16)(H,17,18). The van der Waals surface area contributed by atoms with E-state index in [9.17, 15) is 9.90 Å². The van der Waals surface area contributed by atoms with Gasteiger partial charge in [0.1, 0.15) is 11.2 Å². The topological polar surface area (TPSA) is 97.9 Å². The van der Waals surface area contributed by atoms with Crippen LogP contribution in [0.5, 0.6) is 0 Å². The van der Waals surface area contributed by atoms with Crippen LogP contribution in [0.25, 0.3) is 22.1 Å². The number of pyridine rings is 1. The van der Waals surface area contributed by atoms with Crippen molar-refractivity contribution in [3.05, 3.63) is 24.3 Å². The van der Waals surface area contributed by atoms with Crippen LogP contribution >= 0.6 is 0 Å². The molecule has 0 aromatic carbocycles. The smallest absolute Gasteiger partial charge is 0.289 e. The Morgan fingerprint density at radius 2 is 2.19 bits per heavy atom. The summed E-state index contributed by atoms with van der Waals surface area (Å²) in [6.07, 6.45) is 4.43. The quantitative estimate of drug-likeness (QED) is 0.622. The van der Waals surface area contributed by atoms with E-state index < -0.39 is 0 Å². The fourth-order valence-corrected chi connectivity index (χ4v) is 2.79. The molecule has 0 radical (unpaired) electrons. The minimum atomic E-state index is -0.298. The predicted octanol–water partition coefficient (Wildman–Crippen LogP) is 1.04. The van der Waals surface area contributed by atoms with E-state index in [4.69, 9.17) is 0 Å². The van der Waals surface area contributed by atoms with E-state index in [2.05, 4.69) is 19.9 Å². The van der Waals surface area contributed by atoms with E-state index in [1.54, 1.807) is 17.3 Å². The van der Waals surface area contributed by atoms with Crippen molar-refractivity contribution in [3.8, 4) is 0 Å². The van der Waals surface area contributed by atoms with Crippen LogP contribution in [-0.2, 0) is 0 Å². The van der Waals surface area contributed by atoms with Gasteiger partial charge in [-0.1, -0.05) is 0 Å². The number of amides is 1. The molecule has 0 atom stereocenters. The first-order valence-electron chi connectivity index (χ1n) is 7.01. The van der Waals surface area contributed by atoms with E-state index in [1.165, 1.54) is 0 Å². The monoisotopic (exact) mass is 285 g/mol. The molecule has 7 heteroatoms. The Morgan fingerprint density at radius 3 is 3.00 bits per heavy atom. The first kappa shape index (κ1) is 12.3. The number of aliphatic hydroxyl groups is 1. The number of nitrogens with one attached hydrogen (secondary N) is 2. The van der Waals surface area contributed by atoms with Gasteiger partial charge in [0.05, 0.1) is 17.8 Å². The number of likely N-dealkylation sites (tertiary alicyclic amines) is 1. The van der Waals surface area contributed by atoms with E-state index in [-0.39, 0.29) is 12.0 Å². The molecule has 21 heavy (non-hydrogen) atoms. The molecule has 1 amide bonds. The predicted molar refractivity (Wildman–Crippen MR) is 76.9 cm³/mol. The minimum Gasteiger partial charge on any atom is -0.393 e. The lowest BCUT2D eigenvalue weighted by Crippen LogP contribution is -2.40. The molecular weight excluding hydrogens is 270 g/mol. The number of piperidine rings is 1. The maximum atomic E-state index is 12.5. The number of aromatic amines is 2. The van der Waals surface area contributed by atoms with E-state index >= 15 is 0 Å². The van der Waals surface area contributed by atoms with Crippen LogP contribution in [0.4, 0.5) is 0 Å². The summed E-state index contributed by atoms with van der Waals surface area (Å²) in [7, 11) is 0. The van der Waals surface area contributed by atoms with E-state index in [0.717, 1.165) is 22.1 Å². The molecule has 0 saturated carbocycles. The summed E-state index contributed by atoms with van der Waals surface area (Å²) in [5.41, 5.74) is 2.26. The van der Waals surface area contributed by atoms with E-state index in [0.29, 0.717) is 31.8 Å². The molecule has 0 unspecified atom stereocenters. The van der Waals surface area contributed by atoms with Gasteiger partial charge in [-0.25, -0.2) is 9.97 Å². The van der Waals surface area contributed by atoms with Gasteiger partial charge in [0.25, 0.3) is 5.91 Å². The van der Waals surface area contributed by atoms with Crippen LogP contribution in [0.2, 0.25) is 0 Å². The molecule has 3 aromatic rings. The lowest BCUT2D eigenvalue weighted by Gasteiger charge is -2.28. The van der Waals surface area contributed by atoms with Crippen molar-refractivity contribution in [1.82, 2.24) is 24.8 Å². The largest absolute Gasteiger partial charge is 0.393 e. The molecule has 7 nitrogen and oxygen atoms in total. The molecular formula is C14H15N5O2. The third kappa shape index (κ3) is 1.97. The van der Waals surface area contributed by atoms with Gasteiger partial charge in [-0.15, -0.1) is 0 Å². The molecule has 0 aliphatic carbocycles. The second-order valence-electron chi connectivity index (χ2n) is 5.37. The first-order valence-corrected chi connectivity index (χ1v) is 7.01. The fraction of sp³-hybridized carbons (Fsp3) is 0.357. The van der Waals surface area contributed by atoms with Crippen LogP contribution in [0.1, 0.15) is 23.5 Å². The lowest BCUT2D eigenvalue weighted by molar-refractivity contribution is 0.0537. The summed E-state index contributed by atoms with van der Waals surface area (Å²) in [5.74, 6) is 0.207. The van der Waals surface area contributed by atoms with Gasteiger partial charge in [-0.3, -0.25) is 4.79 Å². The number of aliphatic hydroxyl groups excluding tert-OH is 1. The van der Waals surface area contributed by atoms with Gasteiger partial charge < -0.3 is 20.0 Å². The van der Waals surface area contributed by atoms with Crippen molar-refractivity contribution in [2.45, 2.75) is 18.9 Å². The Balaban J connectivity index is 1.71. The van der Waals surface area contributed by atoms with Crippen LogP contribution in [0.3, 0.4) is 0 Å². The number of hydrogen-bond donors (Lipinski definition) is 3. The molecule has 108 valence electrons.